The molecule has 2 heterocycles. The third kappa shape index (κ3) is 7.33. The molecule has 0 unspecified atom stereocenters. The monoisotopic (exact) mass is 552 g/mol. The van der Waals surface area contributed by atoms with Crippen molar-refractivity contribution >= 4 is 23.3 Å². The van der Waals surface area contributed by atoms with Crippen molar-refractivity contribution in [2.75, 3.05) is 59.6 Å². The lowest BCUT2D eigenvalue weighted by atomic mass is 9.98. The lowest BCUT2D eigenvalue weighted by molar-refractivity contribution is -0.384. The number of amides is 3. The first-order valence-corrected chi connectivity index (χ1v) is 13.5. The average Bonchev–Trinajstić information content (AvgIpc) is 3.44. The number of non-ortho nitro benzene ring substituents is 1. The Bertz CT molecular complexity index is 1200. The summed E-state index contributed by atoms with van der Waals surface area (Å²) in [5.74, 6) is 0.379. The van der Waals surface area contributed by atoms with Crippen molar-refractivity contribution in [3.05, 3.63) is 69.8 Å². The zero-order valence-electron chi connectivity index (χ0n) is 23.0. The van der Waals surface area contributed by atoms with Gasteiger partial charge in [-0.2, -0.15) is 5.10 Å². The molecular formula is C28H36N6O6. The summed E-state index contributed by atoms with van der Waals surface area (Å²) in [5, 5.41) is 20.1. The van der Waals surface area contributed by atoms with E-state index in [4.69, 9.17) is 9.47 Å². The third-order valence-corrected chi connectivity index (χ3v) is 7.01. The van der Waals surface area contributed by atoms with E-state index in [0.717, 1.165) is 25.1 Å². The number of carbonyl (C=O) groups is 2. The molecule has 4 rings (SSSR count). The van der Waals surface area contributed by atoms with Crippen LogP contribution in [0.2, 0.25) is 0 Å². The van der Waals surface area contributed by atoms with Crippen molar-refractivity contribution in [1.29, 1.82) is 0 Å². The maximum Gasteiger partial charge on any atom is 0.317 e. The summed E-state index contributed by atoms with van der Waals surface area (Å²) in [6.07, 6.45) is 1.21. The molecule has 1 saturated heterocycles. The van der Waals surface area contributed by atoms with E-state index in [1.807, 2.05) is 31.2 Å². The molecule has 0 bridgehead atoms. The summed E-state index contributed by atoms with van der Waals surface area (Å²) >= 11 is 0. The largest absolute Gasteiger partial charge is 0.497 e. The fourth-order valence-electron chi connectivity index (χ4n) is 4.69. The predicted octanol–water partition coefficient (Wildman–Crippen LogP) is 3.03. The van der Waals surface area contributed by atoms with Crippen molar-refractivity contribution in [1.82, 2.24) is 20.1 Å². The summed E-state index contributed by atoms with van der Waals surface area (Å²) in [6, 6.07) is 12.9. The Morgan fingerprint density at radius 3 is 2.48 bits per heavy atom. The number of nitrogens with zero attached hydrogens (tertiary/aromatic N) is 5. The van der Waals surface area contributed by atoms with Crippen molar-refractivity contribution in [2.45, 2.75) is 25.8 Å². The number of carbonyl (C=O) groups excluding carboxylic acids is 2. The second-order valence-electron chi connectivity index (χ2n) is 9.69. The number of hydrogen-bond acceptors (Lipinski definition) is 8. The van der Waals surface area contributed by atoms with Gasteiger partial charge in [0.25, 0.3) is 11.6 Å². The molecule has 1 atom stereocenters. The Labute approximate surface area is 233 Å². The van der Waals surface area contributed by atoms with Crippen LogP contribution in [0.5, 0.6) is 5.75 Å². The van der Waals surface area contributed by atoms with Gasteiger partial charge in [-0.1, -0.05) is 19.1 Å². The van der Waals surface area contributed by atoms with Crippen LogP contribution in [0.15, 0.2) is 53.6 Å². The Morgan fingerprint density at radius 1 is 1.15 bits per heavy atom. The van der Waals surface area contributed by atoms with Crippen LogP contribution in [-0.2, 0) is 9.53 Å². The van der Waals surface area contributed by atoms with Crippen LogP contribution in [0.25, 0.3) is 0 Å². The summed E-state index contributed by atoms with van der Waals surface area (Å²) in [7, 11) is 1.59. The average molecular weight is 553 g/mol. The molecule has 0 aromatic heterocycles. The fraction of sp³-hybridized carbons (Fsp3) is 0.464. The molecule has 214 valence electrons. The van der Waals surface area contributed by atoms with Crippen molar-refractivity contribution in [3.63, 3.8) is 0 Å². The standard InChI is InChI=1S/C28H36N6O6/c1-3-12-29-28(36)32(14-13-31-15-17-40-18-16-31)20-27(35)33-26(22-6-10-24(39-2)11-7-22)19-25(30-33)21-4-8-23(9-5-21)34(37)38/h4-11,26H,3,12-20H2,1-2H3,(H,29,36)/t26-/m1/s1. The van der Waals surface area contributed by atoms with E-state index in [0.29, 0.717) is 56.3 Å². The molecule has 0 aliphatic carbocycles. The normalized spacial score (nSPS) is 17.3. The van der Waals surface area contributed by atoms with Gasteiger partial charge in [0, 0.05) is 51.3 Å². The SMILES string of the molecule is CCCNC(=O)N(CCN1CCOCC1)CC(=O)N1N=C(c2ccc([N+](=O)[O-])cc2)C[C@@H]1c1ccc(OC)cc1. The number of methoxy groups -OCH3 is 1. The number of nitrogens with one attached hydrogen (secondary N) is 1. The van der Waals surface area contributed by atoms with E-state index >= 15 is 0 Å². The number of nitro benzene ring substituents is 1. The molecule has 2 aromatic rings. The maximum atomic E-state index is 13.8. The Balaban J connectivity index is 1.56. The molecule has 2 aliphatic rings. The molecule has 1 fully saturated rings. The molecule has 12 nitrogen and oxygen atoms in total. The van der Waals surface area contributed by atoms with Crippen LogP contribution in [-0.4, -0.2) is 97.0 Å². The lowest BCUT2D eigenvalue weighted by Gasteiger charge is -2.31. The highest BCUT2D eigenvalue weighted by Crippen LogP contribution is 2.34. The van der Waals surface area contributed by atoms with Crippen LogP contribution in [0.4, 0.5) is 10.5 Å². The Morgan fingerprint density at radius 2 is 1.85 bits per heavy atom. The number of hydrogen-bond donors (Lipinski definition) is 1. The van der Waals surface area contributed by atoms with Gasteiger partial charge in [0.15, 0.2) is 0 Å². The molecular weight excluding hydrogens is 516 g/mol. The minimum Gasteiger partial charge on any atom is -0.497 e. The maximum absolute atomic E-state index is 13.8. The van der Waals surface area contributed by atoms with E-state index in [-0.39, 0.29) is 24.2 Å². The van der Waals surface area contributed by atoms with E-state index < -0.39 is 11.0 Å². The van der Waals surface area contributed by atoms with Gasteiger partial charge < -0.3 is 19.7 Å². The van der Waals surface area contributed by atoms with Gasteiger partial charge in [0.2, 0.25) is 0 Å². The Kier molecular flexibility index (Phi) is 10.0. The zero-order valence-corrected chi connectivity index (χ0v) is 23.0. The van der Waals surface area contributed by atoms with Gasteiger partial charge in [-0.3, -0.25) is 19.8 Å². The quantitative estimate of drug-likeness (QED) is 0.335. The summed E-state index contributed by atoms with van der Waals surface area (Å²) < 4.78 is 10.7. The smallest absolute Gasteiger partial charge is 0.317 e. The molecule has 2 aliphatic heterocycles. The molecule has 0 spiro atoms. The number of morpholine rings is 1. The van der Waals surface area contributed by atoms with Gasteiger partial charge in [-0.05, 0) is 41.8 Å². The number of ether oxygens (including phenoxy) is 2. The van der Waals surface area contributed by atoms with Crippen LogP contribution in [0, 0.1) is 10.1 Å². The highest BCUT2D eigenvalue weighted by molar-refractivity contribution is 6.03. The van der Waals surface area contributed by atoms with Gasteiger partial charge in [0.1, 0.15) is 12.3 Å². The van der Waals surface area contributed by atoms with Crippen LogP contribution < -0.4 is 10.1 Å². The predicted molar refractivity (Wildman–Crippen MR) is 149 cm³/mol. The molecule has 40 heavy (non-hydrogen) atoms. The highest BCUT2D eigenvalue weighted by atomic mass is 16.6. The van der Waals surface area contributed by atoms with E-state index in [1.54, 1.807) is 19.2 Å². The third-order valence-electron chi connectivity index (χ3n) is 7.01. The van der Waals surface area contributed by atoms with Crippen molar-refractivity contribution in [2.24, 2.45) is 5.10 Å². The number of benzene rings is 2. The minimum atomic E-state index is -0.453. The van der Waals surface area contributed by atoms with Crippen LogP contribution >= 0.6 is 0 Å². The van der Waals surface area contributed by atoms with Crippen molar-refractivity contribution < 1.29 is 24.0 Å². The molecule has 12 heteroatoms. The van der Waals surface area contributed by atoms with Crippen molar-refractivity contribution in [3.8, 4) is 5.75 Å². The lowest BCUT2D eigenvalue weighted by Crippen LogP contribution is -2.49. The molecule has 1 N–H and O–H groups in total. The van der Waals surface area contributed by atoms with Gasteiger partial charge in [-0.15, -0.1) is 0 Å². The topological polar surface area (TPSA) is 130 Å². The minimum absolute atomic E-state index is 0.0176. The first-order valence-electron chi connectivity index (χ1n) is 13.5. The number of nitro groups is 1. The van der Waals surface area contributed by atoms with E-state index in [2.05, 4.69) is 15.3 Å². The first kappa shape index (κ1) is 29.0. The molecule has 3 amide bonds. The number of urea groups is 1. The van der Waals surface area contributed by atoms with Gasteiger partial charge >= 0.3 is 6.03 Å². The fourth-order valence-corrected chi connectivity index (χ4v) is 4.69. The second-order valence-corrected chi connectivity index (χ2v) is 9.69. The highest BCUT2D eigenvalue weighted by Gasteiger charge is 2.34. The first-order chi connectivity index (χ1) is 19.4. The molecule has 2 aromatic carbocycles. The van der Waals surface area contributed by atoms with Crippen LogP contribution in [0.1, 0.15) is 36.9 Å². The van der Waals surface area contributed by atoms with E-state index in [1.165, 1.54) is 22.0 Å². The van der Waals surface area contributed by atoms with Crippen LogP contribution in [0.3, 0.4) is 0 Å². The van der Waals surface area contributed by atoms with E-state index in [9.17, 15) is 19.7 Å². The summed E-state index contributed by atoms with van der Waals surface area (Å²) in [4.78, 5) is 41.2. The zero-order chi connectivity index (χ0) is 28.5. The second kappa shape index (κ2) is 13.9. The summed E-state index contributed by atoms with van der Waals surface area (Å²) in [5.41, 5.74) is 2.18. The van der Waals surface area contributed by atoms with Gasteiger partial charge in [-0.25, -0.2) is 9.80 Å². The molecule has 0 radical (unpaired) electrons. The summed E-state index contributed by atoms with van der Waals surface area (Å²) in [6.45, 7) is 6.25. The Hall–Kier alpha value is -4.03. The number of hydrazone groups is 1. The molecule has 0 saturated carbocycles. The number of rotatable bonds is 11. The van der Waals surface area contributed by atoms with Gasteiger partial charge in [0.05, 0.1) is 37.0 Å².